The lowest BCUT2D eigenvalue weighted by Gasteiger charge is -2.42. The van der Waals surface area contributed by atoms with Gasteiger partial charge in [0, 0.05) is 7.11 Å². The first-order chi connectivity index (χ1) is 9.25. The van der Waals surface area contributed by atoms with Crippen LogP contribution in [-0.2, 0) is 4.74 Å². The monoisotopic (exact) mass is 264 g/mol. The maximum Gasteiger partial charge on any atom is 0.119 e. The molecule has 0 saturated heterocycles. The lowest BCUT2D eigenvalue weighted by Crippen LogP contribution is -2.49. The van der Waals surface area contributed by atoms with Crippen molar-refractivity contribution >= 4 is 0 Å². The number of hydrogen-bond acceptors (Lipinski definition) is 4. The number of methoxy groups -OCH3 is 2. The van der Waals surface area contributed by atoms with Crippen molar-refractivity contribution < 1.29 is 9.47 Å². The van der Waals surface area contributed by atoms with Gasteiger partial charge in [0.25, 0.3) is 0 Å². The van der Waals surface area contributed by atoms with Crippen LogP contribution in [-0.4, -0.2) is 19.8 Å². The second-order valence-corrected chi connectivity index (χ2v) is 5.21. The summed E-state index contributed by atoms with van der Waals surface area (Å²) >= 11 is 0. The standard InChI is InChI=1S/C15H24N2O2/c1-18-13-8-6-7-12(11-13)14(17-16)15(19-2)9-4-3-5-10-15/h6-8,11,14,17H,3-5,9-10,16H2,1-2H3. The molecule has 1 aliphatic carbocycles. The average Bonchev–Trinajstić information content (AvgIpc) is 2.49. The van der Waals surface area contributed by atoms with E-state index in [9.17, 15) is 0 Å². The Labute approximate surface area is 115 Å². The molecular weight excluding hydrogens is 240 g/mol. The van der Waals surface area contributed by atoms with Crippen LogP contribution in [0.1, 0.15) is 43.7 Å². The molecule has 0 amide bonds. The van der Waals surface area contributed by atoms with Crippen molar-refractivity contribution in [3.05, 3.63) is 29.8 Å². The summed E-state index contributed by atoms with van der Waals surface area (Å²) < 4.78 is 11.2. The van der Waals surface area contributed by atoms with Gasteiger partial charge < -0.3 is 9.47 Å². The zero-order chi connectivity index (χ0) is 13.7. The van der Waals surface area contributed by atoms with Gasteiger partial charge in [-0.25, -0.2) is 0 Å². The van der Waals surface area contributed by atoms with Gasteiger partial charge in [-0.1, -0.05) is 31.4 Å². The van der Waals surface area contributed by atoms with E-state index in [0.717, 1.165) is 24.2 Å². The normalized spacial score (nSPS) is 19.9. The summed E-state index contributed by atoms with van der Waals surface area (Å²) in [5, 5.41) is 0. The molecule has 19 heavy (non-hydrogen) atoms. The summed E-state index contributed by atoms with van der Waals surface area (Å²) in [7, 11) is 3.46. The van der Waals surface area contributed by atoms with Crippen LogP contribution in [0, 0.1) is 0 Å². The zero-order valence-electron chi connectivity index (χ0n) is 11.8. The lowest BCUT2D eigenvalue weighted by molar-refractivity contribution is -0.0688. The van der Waals surface area contributed by atoms with E-state index in [2.05, 4.69) is 11.5 Å². The van der Waals surface area contributed by atoms with Crippen LogP contribution in [0.2, 0.25) is 0 Å². The van der Waals surface area contributed by atoms with Crippen molar-refractivity contribution in [3.63, 3.8) is 0 Å². The molecule has 1 unspecified atom stereocenters. The van der Waals surface area contributed by atoms with E-state index >= 15 is 0 Å². The van der Waals surface area contributed by atoms with Crippen molar-refractivity contribution in [3.8, 4) is 5.75 Å². The molecule has 0 radical (unpaired) electrons. The van der Waals surface area contributed by atoms with E-state index in [1.54, 1.807) is 14.2 Å². The Morgan fingerprint density at radius 2 is 1.95 bits per heavy atom. The molecule has 4 heteroatoms. The number of hydrazine groups is 1. The SMILES string of the molecule is COc1cccc(C(NN)C2(OC)CCCCC2)c1. The summed E-state index contributed by atoms with van der Waals surface area (Å²) in [5.74, 6) is 6.66. The number of nitrogens with one attached hydrogen (secondary N) is 1. The first-order valence-corrected chi connectivity index (χ1v) is 6.91. The van der Waals surface area contributed by atoms with E-state index in [4.69, 9.17) is 15.3 Å². The van der Waals surface area contributed by atoms with Crippen molar-refractivity contribution in [1.29, 1.82) is 0 Å². The molecule has 1 aromatic rings. The molecule has 0 aliphatic heterocycles. The molecule has 0 aromatic heterocycles. The Balaban J connectivity index is 2.30. The first-order valence-electron chi connectivity index (χ1n) is 6.91. The Bertz CT molecular complexity index is 403. The van der Waals surface area contributed by atoms with Gasteiger partial charge in [-0.3, -0.25) is 11.3 Å². The molecular formula is C15H24N2O2. The largest absolute Gasteiger partial charge is 0.497 e. The predicted molar refractivity (Wildman–Crippen MR) is 75.9 cm³/mol. The zero-order valence-corrected chi connectivity index (χ0v) is 11.8. The lowest BCUT2D eigenvalue weighted by atomic mass is 9.77. The number of benzene rings is 1. The molecule has 1 aliphatic rings. The van der Waals surface area contributed by atoms with Crippen LogP contribution in [0.3, 0.4) is 0 Å². The maximum absolute atomic E-state index is 5.88. The van der Waals surface area contributed by atoms with Crippen molar-refractivity contribution in [2.24, 2.45) is 5.84 Å². The molecule has 3 N–H and O–H groups in total. The van der Waals surface area contributed by atoms with Crippen molar-refractivity contribution in [2.45, 2.75) is 43.7 Å². The minimum Gasteiger partial charge on any atom is -0.497 e. The maximum atomic E-state index is 5.88. The van der Waals surface area contributed by atoms with E-state index in [1.165, 1.54) is 19.3 Å². The van der Waals surface area contributed by atoms with E-state index in [0.29, 0.717) is 0 Å². The van der Waals surface area contributed by atoms with Crippen molar-refractivity contribution in [2.75, 3.05) is 14.2 Å². The molecule has 1 atom stereocenters. The van der Waals surface area contributed by atoms with Gasteiger partial charge in [-0.05, 0) is 30.5 Å². The van der Waals surface area contributed by atoms with Gasteiger partial charge in [0.2, 0.25) is 0 Å². The highest BCUT2D eigenvalue weighted by Crippen LogP contribution is 2.41. The predicted octanol–water partition coefficient (Wildman–Crippen LogP) is 2.55. The second-order valence-electron chi connectivity index (χ2n) is 5.21. The van der Waals surface area contributed by atoms with Gasteiger partial charge in [0.1, 0.15) is 5.75 Å². The molecule has 2 rings (SSSR count). The summed E-state index contributed by atoms with van der Waals surface area (Å²) in [6.45, 7) is 0. The molecule has 106 valence electrons. The van der Waals surface area contributed by atoms with Gasteiger partial charge in [0.15, 0.2) is 0 Å². The van der Waals surface area contributed by atoms with Crippen molar-refractivity contribution in [1.82, 2.24) is 5.43 Å². The fraction of sp³-hybridized carbons (Fsp3) is 0.600. The summed E-state index contributed by atoms with van der Waals surface area (Å²) in [6.07, 6.45) is 5.73. The Morgan fingerprint density at radius 3 is 2.53 bits per heavy atom. The van der Waals surface area contributed by atoms with Crippen LogP contribution in [0.25, 0.3) is 0 Å². The Morgan fingerprint density at radius 1 is 1.21 bits per heavy atom. The topological polar surface area (TPSA) is 56.5 Å². The summed E-state index contributed by atoms with van der Waals surface area (Å²) in [5.41, 5.74) is 3.86. The minimum atomic E-state index is -0.209. The smallest absolute Gasteiger partial charge is 0.119 e. The third-order valence-electron chi connectivity index (χ3n) is 4.23. The minimum absolute atomic E-state index is 0.00657. The number of ether oxygens (including phenoxy) is 2. The van der Waals surface area contributed by atoms with Crippen LogP contribution in [0.5, 0.6) is 5.75 Å². The quantitative estimate of drug-likeness (QED) is 0.634. The highest BCUT2D eigenvalue weighted by molar-refractivity contribution is 5.32. The molecule has 1 fully saturated rings. The van der Waals surface area contributed by atoms with Crippen LogP contribution >= 0.6 is 0 Å². The number of nitrogens with two attached hydrogens (primary N) is 1. The second kappa shape index (κ2) is 6.37. The third-order valence-corrected chi connectivity index (χ3v) is 4.23. The number of rotatable bonds is 5. The fourth-order valence-corrected chi connectivity index (χ4v) is 3.13. The molecule has 1 aromatic carbocycles. The Kier molecular flexibility index (Phi) is 4.80. The summed E-state index contributed by atoms with van der Waals surface area (Å²) in [4.78, 5) is 0. The Hall–Kier alpha value is -1.10. The van der Waals surface area contributed by atoms with E-state index < -0.39 is 0 Å². The molecule has 4 nitrogen and oxygen atoms in total. The van der Waals surface area contributed by atoms with Crippen LogP contribution in [0.15, 0.2) is 24.3 Å². The fourth-order valence-electron chi connectivity index (χ4n) is 3.13. The van der Waals surface area contributed by atoms with Crippen LogP contribution < -0.4 is 16.0 Å². The number of hydrogen-bond donors (Lipinski definition) is 2. The molecule has 1 saturated carbocycles. The third kappa shape index (κ3) is 2.91. The van der Waals surface area contributed by atoms with Gasteiger partial charge >= 0.3 is 0 Å². The highest BCUT2D eigenvalue weighted by Gasteiger charge is 2.40. The van der Waals surface area contributed by atoms with E-state index in [1.807, 2.05) is 18.2 Å². The first kappa shape index (κ1) is 14.3. The average molecular weight is 264 g/mol. The summed E-state index contributed by atoms with van der Waals surface area (Å²) in [6, 6.07) is 8.03. The van der Waals surface area contributed by atoms with Crippen LogP contribution in [0.4, 0.5) is 0 Å². The molecule has 0 spiro atoms. The molecule has 0 bridgehead atoms. The van der Waals surface area contributed by atoms with E-state index in [-0.39, 0.29) is 11.6 Å². The highest BCUT2D eigenvalue weighted by atomic mass is 16.5. The van der Waals surface area contributed by atoms with Gasteiger partial charge in [-0.15, -0.1) is 0 Å². The van der Waals surface area contributed by atoms with Gasteiger partial charge in [-0.2, -0.15) is 0 Å². The van der Waals surface area contributed by atoms with Gasteiger partial charge in [0.05, 0.1) is 18.8 Å². The molecule has 0 heterocycles.